The predicted molar refractivity (Wildman–Crippen MR) is 99.9 cm³/mol. The molecule has 1 aromatic heterocycles. The molecule has 11 heteroatoms. The minimum Gasteiger partial charge on any atom is -0.352 e. The third-order valence-corrected chi connectivity index (χ3v) is 5.65. The lowest BCUT2D eigenvalue weighted by molar-refractivity contribution is 0.0171. The van der Waals surface area contributed by atoms with E-state index in [1.54, 1.807) is 0 Å². The Morgan fingerprint density at radius 3 is 2.55 bits per heavy atom. The van der Waals surface area contributed by atoms with Crippen LogP contribution in [0.4, 0.5) is 23.7 Å². The molecule has 1 aromatic carbocycles. The van der Waals surface area contributed by atoms with E-state index in [2.05, 4.69) is 5.32 Å². The van der Waals surface area contributed by atoms with Crippen molar-refractivity contribution in [1.82, 2.24) is 5.32 Å². The number of hydrogen-bond acceptors (Lipinski definition) is 5. The van der Waals surface area contributed by atoms with E-state index in [1.807, 2.05) is 11.4 Å². The maximum atomic E-state index is 14.6. The molecule has 0 spiro atoms. The molecule has 7 nitrogen and oxygen atoms in total. The SMILES string of the molecule is N#Cc1csc(C(=O)Nc2ccc(F)c([C@](NC(N)=O)(C(F)F)[C@H]3C[C@H]3N)c2)c1. The van der Waals surface area contributed by atoms with Crippen LogP contribution >= 0.6 is 11.3 Å². The Bertz CT molecular complexity index is 1010. The zero-order valence-electron chi connectivity index (χ0n) is 14.8. The number of rotatable bonds is 6. The van der Waals surface area contributed by atoms with Crippen molar-refractivity contribution in [3.63, 3.8) is 0 Å². The maximum Gasteiger partial charge on any atom is 0.313 e. The summed E-state index contributed by atoms with van der Waals surface area (Å²) in [6.07, 6.45) is -3.06. The van der Waals surface area contributed by atoms with Crippen molar-refractivity contribution in [2.75, 3.05) is 5.32 Å². The summed E-state index contributed by atoms with van der Waals surface area (Å²) in [6.45, 7) is 0. The largest absolute Gasteiger partial charge is 0.352 e. The predicted octanol–water partition coefficient (Wildman–Crippen LogP) is 2.49. The smallest absolute Gasteiger partial charge is 0.313 e. The molecule has 6 N–H and O–H groups in total. The van der Waals surface area contributed by atoms with Crippen LogP contribution in [0.3, 0.4) is 0 Å². The van der Waals surface area contributed by atoms with Crippen molar-refractivity contribution in [1.29, 1.82) is 5.26 Å². The first-order valence-corrected chi connectivity index (χ1v) is 9.28. The number of carbonyl (C=O) groups is 2. The molecule has 1 saturated carbocycles. The van der Waals surface area contributed by atoms with Crippen LogP contribution in [-0.2, 0) is 5.54 Å². The topological polar surface area (TPSA) is 134 Å². The van der Waals surface area contributed by atoms with Crippen molar-refractivity contribution >= 4 is 29.0 Å². The monoisotopic (exact) mass is 423 g/mol. The number of nitrogens with zero attached hydrogens (tertiary/aromatic N) is 1. The molecule has 3 amide bonds. The number of hydrogen-bond donors (Lipinski definition) is 4. The van der Waals surface area contributed by atoms with Gasteiger partial charge < -0.3 is 22.1 Å². The number of thiophene rings is 1. The summed E-state index contributed by atoms with van der Waals surface area (Å²) in [4.78, 5) is 24.0. The zero-order valence-corrected chi connectivity index (χ0v) is 15.6. The van der Waals surface area contributed by atoms with Gasteiger partial charge in [-0.2, -0.15) is 5.26 Å². The highest BCUT2D eigenvalue weighted by Gasteiger charge is 2.59. The van der Waals surface area contributed by atoms with E-state index in [4.69, 9.17) is 16.7 Å². The fourth-order valence-corrected chi connectivity index (χ4v) is 3.99. The van der Waals surface area contributed by atoms with Gasteiger partial charge in [-0.05, 0) is 30.7 Å². The molecular formula is C18H16F3N5O2S. The first-order chi connectivity index (χ1) is 13.7. The van der Waals surface area contributed by atoms with E-state index in [0.717, 1.165) is 23.5 Å². The summed E-state index contributed by atoms with van der Waals surface area (Å²) in [5.41, 5.74) is 8.19. The van der Waals surface area contributed by atoms with Crippen LogP contribution in [-0.4, -0.2) is 24.4 Å². The fraction of sp³-hybridized carbons (Fsp3) is 0.278. The van der Waals surface area contributed by atoms with Crippen LogP contribution in [0.2, 0.25) is 0 Å². The first-order valence-electron chi connectivity index (χ1n) is 8.40. The van der Waals surface area contributed by atoms with E-state index in [9.17, 15) is 22.8 Å². The Labute approximate surface area is 167 Å². The minimum atomic E-state index is -3.20. The molecule has 3 atom stereocenters. The van der Waals surface area contributed by atoms with E-state index < -0.39 is 47.2 Å². The van der Waals surface area contributed by atoms with Crippen molar-refractivity contribution in [3.8, 4) is 6.07 Å². The molecule has 2 aromatic rings. The summed E-state index contributed by atoms with van der Waals surface area (Å²) in [7, 11) is 0. The highest BCUT2D eigenvalue weighted by molar-refractivity contribution is 7.12. The van der Waals surface area contributed by atoms with Crippen molar-refractivity contribution in [3.05, 3.63) is 51.5 Å². The second kappa shape index (κ2) is 7.73. The van der Waals surface area contributed by atoms with Gasteiger partial charge in [-0.3, -0.25) is 4.79 Å². The molecule has 0 saturated heterocycles. The van der Waals surface area contributed by atoms with Gasteiger partial charge in [0.1, 0.15) is 17.4 Å². The Morgan fingerprint density at radius 2 is 2.03 bits per heavy atom. The molecule has 152 valence electrons. The Balaban J connectivity index is 1.99. The fourth-order valence-electron chi connectivity index (χ4n) is 3.26. The lowest BCUT2D eigenvalue weighted by Crippen LogP contribution is -2.56. The molecule has 3 rings (SSSR count). The zero-order chi connectivity index (χ0) is 21.3. The molecule has 1 aliphatic rings. The minimum absolute atomic E-state index is 0.0313. The lowest BCUT2D eigenvalue weighted by Gasteiger charge is -2.35. The van der Waals surface area contributed by atoms with Crippen LogP contribution in [0.15, 0.2) is 29.6 Å². The van der Waals surface area contributed by atoms with Gasteiger partial charge in [0.25, 0.3) is 12.3 Å². The molecule has 1 aliphatic carbocycles. The van der Waals surface area contributed by atoms with Crippen molar-refractivity contribution in [2.24, 2.45) is 17.4 Å². The summed E-state index contributed by atoms with van der Waals surface area (Å²) in [5, 5.41) is 14.8. The first kappa shape index (κ1) is 20.6. The third kappa shape index (κ3) is 3.90. The number of anilines is 1. The van der Waals surface area contributed by atoms with Gasteiger partial charge in [0, 0.05) is 28.6 Å². The molecule has 0 unspecified atom stereocenters. The standard InChI is InChI=1S/C18H16F3N5O2S/c19-12-2-1-9(25-15(27)14-3-8(6-22)7-29-14)4-10(12)18(16(20)21,26-17(24)28)11-5-13(11)23/h1-4,7,11,13,16H,5,23H2,(H,25,27)(H3,24,26,28)/t11-,13+,18+/m0/s1. The summed E-state index contributed by atoms with van der Waals surface area (Å²) >= 11 is 1.02. The van der Waals surface area contributed by atoms with Gasteiger partial charge in [0.2, 0.25) is 0 Å². The number of benzene rings is 1. The molecule has 0 aliphatic heterocycles. The number of alkyl halides is 2. The molecule has 0 bridgehead atoms. The van der Waals surface area contributed by atoms with Crippen molar-refractivity contribution in [2.45, 2.75) is 24.4 Å². The number of halogens is 3. The van der Waals surface area contributed by atoms with Gasteiger partial charge in [-0.25, -0.2) is 18.0 Å². The van der Waals surface area contributed by atoms with E-state index in [-0.39, 0.29) is 17.0 Å². The Kier molecular flexibility index (Phi) is 5.50. The maximum absolute atomic E-state index is 14.6. The number of primary amides is 1. The second-order valence-corrected chi connectivity index (χ2v) is 7.54. The number of carbonyl (C=O) groups excluding carboxylic acids is 2. The molecular weight excluding hydrogens is 407 g/mol. The normalized spacial score (nSPS) is 19.9. The summed E-state index contributed by atoms with van der Waals surface area (Å²) in [6, 6.07) is 4.48. The van der Waals surface area contributed by atoms with E-state index in [0.29, 0.717) is 5.56 Å². The average Bonchev–Trinajstić information content (AvgIpc) is 3.19. The highest BCUT2D eigenvalue weighted by atomic mass is 32.1. The van der Waals surface area contributed by atoms with Crippen molar-refractivity contribution < 1.29 is 22.8 Å². The van der Waals surface area contributed by atoms with Crippen LogP contribution in [0, 0.1) is 23.1 Å². The van der Waals surface area contributed by atoms with Gasteiger partial charge in [-0.15, -0.1) is 11.3 Å². The van der Waals surface area contributed by atoms with E-state index in [1.165, 1.54) is 17.5 Å². The van der Waals surface area contributed by atoms with Gasteiger partial charge in [0.05, 0.1) is 10.4 Å². The molecule has 1 heterocycles. The Morgan fingerprint density at radius 1 is 1.34 bits per heavy atom. The van der Waals surface area contributed by atoms with E-state index >= 15 is 0 Å². The lowest BCUT2D eigenvalue weighted by atomic mass is 9.84. The average molecular weight is 423 g/mol. The number of nitrogens with two attached hydrogens (primary N) is 2. The molecule has 29 heavy (non-hydrogen) atoms. The van der Waals surface area contributed by atoms with Gasteiger partial charge in [0.15, 0.2) is 0 Å². The quantitative estimate of drug-likeness (QED) is 0.568. The van der Waals surface area contributed by atoms with Crippen LogP contribution in [0.5, 0.6) is 0 Å². The highest BCUT2D eigenvalue weighted by Crippen LogP contribution is 2.49. The number of amides is 3. The number of urea groups is 1. The molecule has 1 fully saturated rings. The van der Waals surface area contributed by atoms with Gasteiger partial charge >= 0.3 is 6.03 Å². The third-order valence-electron chi connectivity index (χ3n) is 4.72. The summed E-state index contributed by atoms with van der Waals surface area (Å²) < 4.78 is 42.9. The van der Waals surface area contributed by atoms with Crippen LogP contribution in [0.25, 0.3) is 0 Å². The molecule has 0 radical (unpaired) electrons. The Hall–Kier alpha value is -3.10. The second-order valence-electron chi connectivity index (χ2n) is 6.63. The number of nitrogens with one attached hydrogen (secondary N) is 2. The summed E-state index contributed by atoms with van der Waals surface area (Å²) in [5.74, 6) is -2.52. The van der Waals surface area contributed by atoms with Crippen LogP contribution < -0.4 is 22.1 Å². The van der Waals surface area contributed by atoms with Crippen LogP contribution in [0.1, 0.15) is 27.2 Å². The number of nitriles is 1. The van der Waals surface area contributed by atoms with Gasteiger partial charge in [-0.1, -0.05) is 0 Å².